The summed E-state index contributed by atoms with van der Waals surface area (Å²) < 4.78 is 0. The third-order valence-corrected chi connectivity index (χ3v) is 3.89. The van der Waals surface area contributed by atoms with Crippen molar-refractivity contribution in [3.05, 3.63) is 0 Å². The van der Waals surface area contributed by atoms with E-state index in [0.29, 0.717) is 0 Å². The van der Waals surface area contributed by atoms with E-state index in [0.717, 1.165) is 6.42 Å². The van der Waals surface area contributed by atoms with E-state index >= 15 is 0 Å². The third-order valence-electron chi connectivity index (χ3n) is 3.89. The van der Waals surface area contributed by atoms with Crippen molar-refractivity contribution in [3.63, 3.8) is 0 Å². The first kappa shape index (κ1) is 19.0. The summed E-state index contributed by atoms with van der Waals surface area (Å²) in [4.78, 5) is 0. The number of unbranched alkanes of at least 4 members (excludes halogenated alkanes) is 12. The van der Waals surface area contributed by atoms with Crippen LogP contribution >= 0.6 is 0 Å². The Hall–Kier alpha value is 0.0249. The highest BCUT2D eigenvalue weighted by Crippen LogP contribution is 2.14. The molecule has 1 atom stereocenters. The Balaban J connectivity index is 2.99. The summed E-state index contributed by atoms with van der Waals surface area (Å²) in [7, 11) is 1.91. The minimum Gasteiger partial charge on any atom is -0.399 e. The molecule has 0 aromatic carbocycles. The van der Waals surface area contributed by atoms with Gasteiger partial charge < -0.3 is 5.11 Å². The molecule has 0 saturated carbocycles. The van der Waals surface area contributed by atoms with Crippen LogP contribution in [0.25, 0.3) is 0 Å². The van der Waals surface area contributed by atoms with Gasteiger partial charge in [-0.2, -0.15) is 0 Å². The largest absolute Gasteiger partial charge is 0.399 e. The lowest BCUT2D eigenvalue weighted by molar-refractivity contribution is 0.134. The van der Waals surface area contributed by atoms with Gasteiger partial charge >= 0.3 is 0 Å². The van der Waals surface area contributed by atoms with Gasteiger partial charge in [-0.05, 0) is 13.3 Å². The predicted molar refractivity (Wildman–Crippen MR) is 89.5 cm³/mol. The van der Waals surface area contributed by atoms with E-state index in [1.54, 1.807) is 0 Å². The summed E-state index contributed by atoms with van der Waals surface area (Å²) in [5, 5.41) is 9.59. The Labute approximate surface area is 123 Å². The third kappa shape index (κ3) is 18.0. The van der Waals surface area contributed by atoms with E-state index in [-0.39, 0.29) is 0 Å². The molecule has 0 heterocycles. The van der Waals surface area contributed by atoms with E-state index in [2.05, 4.69) is 6.92 Å². The zero-order valence-electron chi connectivity index (χ0n) is 13.8. The quantitative estimate of drug-likeness (QED) is 0.354. The fourth-order valence-electron chi connectivity index (χ4n) is 2.58. The van der Waals surface area contributed by atoms with Crippen LogP contribution in [0.1, 0.15) is 104 Å². The number of aliphatic hydroxyl groups is 1. The fourth-order valence-corrected chi connectivity index (χ4v) is 2.58. The van der Waals surface area contributed by atoms with Crippen molar-refractivity contribution in [2.24, 2.45) is 0 Å². The highest BCUT2D eigenvalue weighted by molar-refractivity contribution is 6.13. The lowest BCUT2D eigenvalue weighted by atomic mass is 9.79. The molecule has 0 amide bonds. The maximum atomic E-state index is 9.59. The van der Waals surface area contributed by atoms with Gasteiger partial charge in [0.1, 0.15) is 7.85 Å². The molecule has 0 aliphatic rings. The molecule has 0 rings (SSSR count). The van der Waals surface area contributed by atoms with E-state index in [1.165, 1.54) is 83.5 Å². The summed E-state index contributed by atoms with van der Waals surface area (Å²) >= 11 is 0. The van der Waals surface area contributed by atoms with Crippen molar-refractivity contribution in [1.82, 2.24) is 0 Å². The Bertz CT molecular complexity index is 175. The van der Waals surface area contributed by atoms with Crippen LogP contribution in [0.15, 0.2) is 0 Å². The molecule has 0 saturated heterocycles. The first-order valence-electron chi connectivity index (χ1n) is 8.78. The number of hydrogen-bond donors (Lipinski definition) is 1. The Kier molecular flexibility index (Phi) is 13.0. The normalized spacial score (nSPS) is 14.5. The Morgan fingerprint density at radius 1 is 0.684 bits per heavy atom. The highest BCUT2D eigenvalue weighted by atomic mass is 16.3. The van der Waals surface area contributed by atoms with E-state index in [1.807, 2.05) is 14.8 Å². The second-order valence-corrected chi connectivity index (χ2v) is 6.81. The SMILES string of the molecule is BC(C)(O)CCCCCCCCCCCCCCC. The van der Waals surface area contributed by atoms with Crippen LogP contribution in [0.4, 0.5) is 0 Å². The molecule has 2 heteroatoms. The summed E-state index contributed by atoms with van der Waals surface area (Å²) in [6.07, 6.45) is 19.0. The smallest absolute Gasteiger partial charge is 0.142 e. The second kappa shape index (κ2) is 13.0. The van der Waals surface area contributed by atoms with Crippen LogP contribution in [0.3, 0.4) is 0 Å². The molecule has 19 heavy (non-hydrogen) atoms. The molecule has 114 valence electrons. The van der Waals surface area contributed by atoms with Crippen LogP contribution in [-0.2, 0) is 0 Å². The lowest BCUT2D eigenvalue weighted by Gasteiger charge is -2.16. The van der Waals surface area contributed by atoms with Gasteiger partial charge in [0.05, 0.1) is 0 Å². The van der Waals surface area contributed by atoms with Gasteiger partial charge in [0.2, 0.25) is 0 Å². The summed E-state index contributed by atoms with van der Waals surface area (Å²) in [5.74, 6) is 0. The standard InChI is InChI=1S/C17H37BO/c1-3-4-5-6-7-8-9-10-11-12-13-14-15-16-17(2,18)19/h19H,3-16,18H2,1-2H3. The molecule has 0 aliphatic heterocycles. The van der Waals surface area contributed by atoms with Gasteiger partial charge in [-0.25, -0.2) is 0 Å². The summed E-state index contributed by atoms with van der Waals surface area (Å²) in [5.41, 5.74) is -0.461. The zero-order chi connectivity index (χ0) is 14.4. The summed E-state index contributed by atoms with van der Waals surface area (Å²) in [6, 6.07) is 0. The molecule has 0 aliphatic carbocycles. The predicted octanol–water partition coefficient (Wildman–Crippen LogP) is 4.81. The van der Waals surface area contributed by atoms with Gasteiger partial charge in [-0.3, -0.25) is 0 Å². The van der Waals surface area contributed by atoms with Crippen LogP contribution < -0.4 is 0 Å². The molecule has 0 fully saturated rings. The maximum absolute atomic E-state index is 9.59. The maximum Gasteiger partial charge on any atom is 0.142 e. The van der Waals surface area contributed by atoms with Crippen LogP contribution in [0.2, 0.25) is 0 Å². The average molecular weight is 268 g/mol. The van der Waals surface area contributed by atoms with Crippen molar-refractivity contribution in [1.29, 1.82) is 0 Å². The van der Waals surface area contributed by atoms with Crippen LogP contribution in [0.5, 0.6) is 0 Å². The van der Waals surface area contributed by atoms with Crippen molar-refractivity contribution in [3.8, 4) is 0 Å². The fraction of sp³-hybridized carbons (Fsp3) is 1.00. The van der Waals surface area contributed by atoms with Gasteiger partial charge in [-0.15, -0.1) is 0 Å². The van der Waals surface area contributed by atoms with Gasteiger partial charge in [0.15, 0.2) is 0 Å². The second-order valence-electron chi connectivity index (χ2n) is 6.81. The zero-order valence-corrected chi connectivity index (χ0v) is 13.8. The minimum atomic E-state index is -0.461. The van der Waals surface area contributed by atoms with E-state index in [4.69, 9.17) is 0 Å². The van der Waals surface area contributed by atoms with Gasteiger partial charge in [0.25, 0.3) is 0 Å². The minimum absolute atomic E-state index is 0.461. The summed E-state index contributed by atoms with van der Waals surface area (Å²) in [6.45, 7) is 4.19. The molecule has 0 aromatic heterocycles. The molecule has 1 unspecified atom stereocenters. The number of hydrogen-bond acceptors (Lipinski definition) is 1. The molecule has 0 spiro atoms. The van der Waals surface area contributed by atoms with Crippen molar-refractivity contribution < 1.29 is 5.11 Å². The van der Waals surface area contributed by atoms with E-state index in [9.17, 15) is 5.11 Å². The molecule has 0 radical (unpaired) electrons. The molecule has 0 bridgehead atoms. The Morgan fingerprint density at radius 3 is 1.32 bits per heavy atom. The Morgan fingerprint density at radius 2 is 1.00 bits per heavy atom. The van der Waals surface area contributed by atoms with Crippen LogP contribution in [-0.4, -0.2) is 18.5 Å². The first-order chi connectivity index (χ1) is 9.06. The molecular formula is C17H37BO. The van der Waals surface area contributed by atoms with Crippen molar-refractivity contribution in [2.45, 2.75) is 109 Å². The van der Waals surface area contributed by atoms with Gasteiger partial charge in [0, 0.05) is 5.50 Å². The van der Waals surface area contributed by atoms with Gasteiger partial charge in [-0.1, -0.05) is 90.4 Å². The topological polar surface area (TPSA) is 20.2 Å². The monoisotopic (exact) mass is 268 g/mol. The first-order valence-corrected chi connectivity index (χ1v) is 8.78. The molecule has 0 aromatic rings. The van der Waals surface area contributed by atoms with Crippen molar-refractivity contribution >= 4 is 7.85 Å². The molecule has 1 nitrogen and oxygen atoms in total. The highest BCUT2D eigenvalue weighted by Gasteiger charge is 2.10. The van der Waals surface area contributed by atoms with E-state index < -0.39 is 5.50 Å². The van der Waals surface area contributed by atoms with Crippen molar-refractivity contribution in [2.75, 3.05) is 0 Å². The van der Waals surface area contributed by atoms with Crippen LogP contribution in [0, 0.1) is 0 Å². The average Bonchev–Trinajstić information content (AvgIpc) is 2.34. The molecule has 1 N–H and O–H groups in total. The molecular weight excluding hydrogens is 231 g/mol. The lowest BCUT2D eigenvalue weighted by Crippen LogP contribution is -2.23. The number of rotatable bonds is 14.